The molecule has 5 nitrogen and oxygen atoms in total. The molecule has 0 atom stereocenters. The summed E-state index contributed by atoms with van der Waals surface area (Å²) < 4.78 is 6.89. The number of nitrogens with zero attached hydrogens (tertiary/aromatic N) is 1. The molecule has 0 radical (unpaired) electrons. The van der Waals surface area contributed by atoms with E-state index in [1.807, 2.05) is 36.4 Å². The van der Waals surface area contributed by atoms with E-state index in [-0.39, 0.29) is 5.91 Å². The van der Waals surface area contributed by atoms with Crippen molar-refractivity contribution in [1.82, 2.24) is 10.3 Å². The Labute approximate surface area is 132 Å². The average molecular weight is 315 g/mol. The van der Waals surface area contributed by atoms with Crippen LogP contribution in [0.5, 0.6) is 0 Å². The number of fused-ring (bicyclic) bond motifs is 1. The molecule has 6 heteroatoms. The summed E-state index contributed by atoms with van der Waals surface area (Å²) in [5.41, 5.74) is 6.35. The molecule has 0 aliphatic heterocycles. The van der Waals surface area contributed by atoms with Gasteiger partial charge in [0, 0.05) is 6.42 Å². The minimum Gasteiger partial charge on any atom is -0.457 e. The van der Waals surface area contributed by atoms with Gasteiger partial charge < -0.3 is 15.5 Å². The molecule has 3 N–H and O–H groups in total. The zero-order chi connectivity index (χ0) is 15.4. The average Bonchev–Trinajstić information content (AvgIpc) is 3.16. The van der Waals surface area contributed by atoms with Crippen molar-refractivity contribution in [2.45, 2.75) is 19.4 Å². The van der Waals surface area contributed by atoms with Gasteiger partial charge in [0.2, 0.25) is 5.91 Å². The van der Waals surface area contributed by atoms with E-state index in [2.05, 4.69) is 10.3 Å². The maximum Gasteiger partial charge on any atom is 0.220 e. The molecule has 0 saturated carbocycles. The van der Waals surface area contributed by atoms with Crippen molar-refractivity contribution in [1.29, 1.82) is 0 Å². The van der Waals surface area contributed by atoms with Crippen molar-refractivity contribution in [3.8, 4) is 10.8 Å². The van der Waals surface area contributed by atoms with Gasteiger partial charge in [-0.15, -0.1) is 11.3 Å². The smallest absolute Gasteiger partial charge is 0.220 e. The minimum absolute atomic E-state index is 0.0108. The molecule has 2 heterocycles. The lowest BCUT2D eigenvalue weighted by atomic mass is 10.3. The zero-order valence-electron chi connectivity index (χ0n) is 12.0. The van der Waals surface area contributed by atoms with Crippen molar-refractivity contribution >= 4 is 27.5 Å². The van der Waals surface area contributed by atoms with Crippen LogP contribution in [0.25, 0.3) is 21.0 Å². The Balaban J connectivity index is 1.67. The van der Waals surface area contributed by atoms with Crippen LogP contribution in [0.4, 0.5) is 0 Å². The van der Waals surface area contributed by atoms with E-state index in [1.54, 1.807) is 11.3 Å². The zero-order valence-corrected chi connectivity index (χ0v) is 12.9. The largest absolute Gasteiger partial charge is 0.457 e. The molecule has 0 bridgehead atoms. The van der Waals surface area contributed by atoms with E-state index in [0.29, 0.717) is 25.9 Å². The third kappa shape index (κ3) is 3.35. The summed E-state index contributed by atoms with van der Waals surface area (Å²) >= 11 is 1.59. The monoisotopic (exact) mass is 315 g/mol. The fraction of sp³-hybridized carbons (Fsp3) is 0.250. The summed E-state index contributed by atoms with van der Waals surface area (Å²) in [6, 6.07) is 11.7. The van der Waals surface area contributed by atoms with Gasteiger partial charge in [0.15, 0.2) is 10.8 Å². The highest BCUT2D eigenvalue weighted by atomic mass is 32.1. The van der Waals surface area contributed by atoms with Crippen LogP contribution in [-0.4, -0.2) is 17.4 Å². The van der Waals surface area contributed by atoms with Crippen molar-refractivity contribution in [2.24, 2.45) is 5.73 Å². The number of aromatic nitrogens is 1. The Morgan fingerprint density at radius 3 is 2.95 bits per heavy atom. The summed E-state index contributed by atoms with van der Waals surface area (Å²) in [6.07, 6.45) is 1.14. The molecule has 0 aliphatic carbocycles. The summed E-state index contributed by atoms with van der Waals surface area (Å²) in [7, 11) is 0. The number of nitrogens with one attached hydrogen (secondary N) is 1. The fourth-order valence-corrected chi connectivity index (χ4v) is 3.03. The van der Waals surface area contributed by atoms with Crippen LogP contribution >= 0.6 is 11.3 Å². The number of carbonyl (C=O) groups excluding carboxylic acids is 1. The summed E-state index contributed by atoms with van der Waals surface area (Å²) in [5.74, 6) is 1.44. The maximum atomic E-state index is 11.6. The Morgan fingerprint density at radius 1 is 1.27 bits per heavy atom. The predicted molar refractivity (Wildman–Crippen MR) is 87.5 cm³/mol. The Kier molecular flexibility index (Phi) is 4.50. The summed E-state index contributed by atoms with van der Waals surface area (Å²) in [4.78, 5) is 16.1. The van der Waals surface area contributed by atoms with Crippen LogP contribution in [-0.2, 0) is 11.3 Å². The molecule has 22 heavy (non-hydrogen) atoms. The van der Waals surface area contributed by atoms with E-state index in [9.17, 15) is 4.79 Å². The minimum atomic E-state index is -0.0108. The van der Waals surface area contributed by atoms with Crippen molar-refractivity contribution in [3.05, 3.63) is 42.2 Å². The van der Waals surface area contributed by atoms with Gasteiger partial charge in [-0.3, -0.25) is 4.79 Å². The lowest BCUT2D eigenvalue weighted by Gasteiger charge is -2.01. The second kappa shape index (κ2) is 6.72. The molecule has 0 fully saturated rings. The third-order valence-electron chi connectivity index (χ3n) is 3.23. The molecule has 0 aliphatic rings. The SMILES string of the molecule is NCCCC(=O)NCc1ccc(-c2nc3ccccc3s2)o1. The number of hydrogen-bond donors (Lipinski definition) is 2. The number of thiazole rings is 1. The van der Waals surface area contributed by atoms with Crippen LogP contribution in [0, 0.1) is 0 Å². The number of nitrogens with two attached hydrogens (primary N) is 1. The van der Waals surface area contributed by atoms with Gasteiger partial charge in [-0.1, -0.05) is 12.1 Å². The van der Waals surface area contributed by atoms with Crippen LogP contribution in [0.3, 0.4) is 0 Å². The predicted octanol–water partition coefficient (Wildman–Crippen LogP) is 2.91. The topological polar surface area (TPSA) is 81.2 Å². The normalized spacial score (nSPS) is 11.0. The quantitative estimate of drug-likeness (QED) is 0.733. The molecule has 0 spiro atoms. The van der Waals surface area contributed by atoms with Gasteiger partial charge in [0.1, 0.15) is 5.76 Å². The van der Waals surface area contributed by atoms with Crippen molar-refractivity contribution in [3.63, 3.8) is 0 Å². The van der Waals surface area contributed by atoms with Crippen LogP contribution < -0.4 is 11.1 Å². The third-order valence-corrected chi connectivity index (χ3v) is 4.29. The first-order valence-corrected chi connectivity index (χ1v) is 7.99. The number of rotatable bonds is 6. The van der Waals surface area contributed by atoms with Gasteiger partial charge >= 0.3 is 0 Å². The molecule has 2 aromatic heterocycles. The summed E-state index contributed by atoms with van der Waals surface area (Å²) in [5, 5.41) is 3.67. The highest BCUT2D eigenvalue weighted by Crippen LogP contribution is 2.30. The van der Waals surface area contributed by atoms with Crippen LogP contribution in [0.1, 0.15) is 18.6 Å². The Bertz CT molecular complexity index is 745. The van der Waals surface area contributed by atoms with Gasteiger partial charge in [0.25, 0.3) is 0 Å². The lowest BCUT2D eigenvalue weighted by molar-refractivity contribution is -0.121. The van der Waals surface area contributed by atoms with Gasteiger partial charge in [0.05, 0.1) is 16.8 Å². The number of furan rings is 1. The molecule has 3 rings (SSSR count). The van der Waals surface area contributed by atoms with Gasteiger partial charge in [-0.05, 0) is 37.2 Å². The number of carbonyl (C=O) groups is 1. The Morgan fingerprint density at radius 2 is 2.14 bits per heavy atom. The molecule has 0 saturated heterocycles. The molecule has 0 unspecified atom stereocenters. The summed E-state index contributed by atoms with van der Waals surface area (Å²) in [6.45, 7) is 0.907. The lowest BCUT2D eigenvalue weighted by Crippen LogP contribution is -2.22. The van der Waals surface area contributed by atoms with E-state index in [1.165, 1.54) is 0 Å². The molecular formula is C16H17N3O2S. The molecule has 1 aromatic carbocycles. The van der Waals surface area contributed by atoms with E-state index >= 15 is 0 Å². The highest BCUT2D eigenvalue weighted by Gasteiger charge is 2.11. The first kappa shape index (κ1) is 14.7. The van der Waals surface area contributed by atoms with E-state index in [4.69, 9.17) is 10.2 Å². The maximum absolute atomic E-state index is 11.6. The molecule has 1 amide bonds. The first-order valence-electron chi connectivity index (χ1n) is 7.17. The van der Waals surface area contributed by atoms with Crippen molar-refractivity contribution < 1.29 is 9.21 Å². The van der Waals surface area contributed by atoms with Crippen LogP contribution in [0.15, 0.2) is 40.8 Å². The van der Waals surface area contributed by atoms with E-state index in [0.717, 1.165) is 26.7 Å². The number of benzene rings is 1. The van der Waals surface area contributed by atoms with Gasteiger partial charge in [-0.2, -0.15) is 0 Å². The standard InChI is InChI=1S/C16H17N3O2S/c17-9-3-6-15(20)18-10-11-7-8-13(21-11)16-19-12-4-1-2-5-14(12)22-16/h1-2,4-5,7-8H,3,6,9-10,17H2,(H,18,20). The van der Waals surface area contributed by atoms with Gasteiger partial charge in [-0.25, -0.2) is 4.98 Å². The molecule has 114 valence electrons. The Hall–Kier alpha value is -2.18. The first-order chi connectivity index (χ1) is 10.8. The van der Waals surface area contributed by atoms with Crippen molar-refractivity contribution in [2.75, 3.05) is 6.54 Å². The second-order valence-corrected chi connectivity index (χ2v) is 5.95. The number of para-hydroxylation sites is 1. The number of amides is 1. The molecule has 3 aromatic rings. The molecular weight excluding hydrogens is 298 g/mol. The van der Waals surface area contributed by atoms with Crippen LogP contribution in [0.2, 0.25) is 0 Å². The highest BCUT2D eigenvalue weighted by molar-refractivity contribution is 7.21. The fourth-order valence-electron chi connectivity index (χ4n) is 2.10. The second-order valence-electron chi connectivity index (χ2n) is 4.92. The number of hydrogen-bond acceptors (Lipinski definition) is 5. The van der Waals surface area contributed by atoms with E-state index < -0.39 is 0 Å².